The Morgan fingerprint density at radius 3 is 2.28 bits per heavy atom. The van der Waals surface area contributed by atoms with Crippen molar-refractivity contribution in [2.24, 2.45) is 0 Å². The Labute approximate surface area is 201 Å². The number of ether oxygens (including phenoxy) is 2. The molecule has 192 valence electrons. The number of benzene rings is 2. The Kier molecular flexibility index (Phi) is 6.17. The number of carbonyl (C=O) groups excluding carboxylic acids is 2. The summed E-state index contributed by atoms with van der Waals surface area (Å²) >= 11 is 0. The fourth-order valence-electron chi connectivity index (χ4n) is 4.58. The second-order valence-corrected chi connectivity index (χ2v) is 8.10. The van der Waals surface area contributed by atoms with Gasteiger partial charge in [-0.05, 0) is 42.8 Å². The van der Waals surface area contributed by atoms with Gasteiger partial charge >= 0.3 is 24.4 Å². The first kappa shape index (κ1) is 25.4. The van der Waals surface area contributed by atoms with Gasteiger partial charge in [-0.15, -0.1) is 0 Å². The van der Waals surface area contributed by atoms with Gasteiger partial charge in [0.15, 0.2) is 5.54 Å². The van der Waals surface area contributed by atoms with Crippen molar-refractivity contribution in [3.05, 3.63) is 70.8 Å². The number of halogens is 6. The van der Waals surface area contributed by atoms with E-state index in [0.29, 0.717) is 28.3 Å². The molecule has 2 aromatic rings. The van der Waals surface area contributed by atoms with Crippen LogP contribution in [0.3, 0.4) is 0 Å². The van der Waals surface area contributed by atoms with Gasteiger partial charge in [-0.25, -0.2) is 9.59 Å². The summed E-state index contributed by atoms with van der Waals surface area (Å²) in [7, 11) is 1.44. The SMILES string of the molecule is CCOC(=O)C1=CCN2C(=O)N(Cc3ccc(OC)cc3)c3ccc(C(F)(F)F)cc3C12C(F)(F)F. The van der Waals surface area contributed by atoms with Crippen molar-refractivity contribution < 1.29 is 45.4 Å². The number of methoxy groups -OCH3 is 1. The zero-order valence-corrected chi connectivity index (χ0v) is 19.0. The topological polar surface area (TPSA) is 59.1 Å². The number of nitrogens with zero attached hydrogens (tertiary/aromatic N) is 2. The molecule has 0 saturated carbocycles. The van der Waals surface area contributed by atoms with Crippen molar-refractivity contribution in [1.82, 2.24) is 4.90 Å². The lowest BCUT2D eigenvalue weighted by Crippen LogP contribution is -2.64. The minimum atomic E-state index is -5.34. The van der Waals surface area contributed by atoms with Gasteiger partial charge in [0, 0.05) is 12.1 Å². The fourth-order valence-corrected chi connectivity index (χ4v) is 4.58. The summed E-state index contributed by atoms with van der Waals surface area (Å²) < 4.78 is 95.4. The summed E-state index contributed by atoms with van der Waals surface area (Å²) in [5, 5.41) is 0. The molecule has 36 heavy (non-hydrogen) atoms. The number of anilines is 1. The van der Waals surface area contributed by atoms with E-state index < -0.39 is 58.8 Å². The molecule has 2 aliphatic heterocycles. The molecule has 2 amide bonds. The average Bonchev–Trinajstić information content (AvgIpc) is 3.24. The molecular formula is C24H20F6N2O4. The maximum atomic E-state index is 14.9. The largest absolute Gasteiger partial charge is 0.497 e. The summed E-state index contributed by atoms with van der Waals surface area (Å²) in [5.41, 5.74) is -6.52. The highest BCUT2D eigenvalue weighted by molar-refractivity contribution is 6.02. The van der Waals surface area contributed by atoms with Gasteiger partial charge in [0.05, 0.1) is 37.1 Å². The van der Waals surface area contributed by atoms with E-state index in [1.165, 1.54) is 14.0 Å². The van der Waals surface area contributed by atoms with Crippen LogP contribution in [-0.4, -0.2) is 43.3 Å². The van der Waals surface area contributed by atoms with Crippen LogP contribution in [0, 0.1) is 0 Å². The zero-order valence-electron chi connectivity index (χ0n) is 19.0. The lowest BCUT2D eigenvalue weighted by molar-refractivity contribution is -0.213. The van der Waals surface area contributed by atoms with Crippen molar-refractivity contribution >= 4 is 17.7 Å². The molecule has 0 bridgehead atoms. The van der Waals surface area contributed by atoms with Crippen LogP contribution in [0.4, 0.5) is 36.8 Å². The number of alkyl halides is 6. The van der Waals surface area contributed by atoms with Crippen molar-refractivity contribution in [3.63, 3.8) is 0 Å². The molecule has 0 fully saturated rings. The van der Waals surface area contributed by atoms with E-state index in [1.807, 2.05) is 0 Å². The second-order valence-electron chi connectivity index (χ2n) is 8.10. The highest BCUT2D eigenvalue weighted by atomic mass is 19.4. The molecule has 4 rings (SSSR count). The molecule has 1 unspecified atom stereocenters. The van der Waals surface area contributed by atoms with Crippen LogP contribution in [0.25, 0.3) is 0 Å². The van der Waals surface area contributed by atoms with E-state index in [-0.39, 0.29) is 13.2 Å². The summed E-state index contributed by atoms with van der Waals surface area (Å²) in [6.07, 6.45) is -9.44. The van der Waals surface area contributed by atoms with Gasteiger partial charge in [0.25, 0.3) is 0 Å². The molecular weight excluding hydrogens is 494 g/mol. The highest BCUT2D eigenvalue weighted by Crippen LogP contribution is 2.58. The number of hydrogen-bond donors (Lipinski definition) is 0. The molecule has 2 aromatic carbocycles. The Balaban J connectivity index is 1.96. The van der Waals surface area contributed by atoms with Crippen molar-refractivity contribution in [2.45, 2.75) is 31.4 Å². The van der Waals surface area contributed by atoms with Gasteiger partial charge in [-0.2, -0.15) is 26.3 Å². The first-order chi connectivity index (χ1) is 16.9. The fraction of sp³-hybridized carbons (Fsp3) is 0.333. The van der Waals surface area contributed by atoms with Crippen LogP contribution in [0.2, 0.25) is 0 Å². The predicted octanol–water partition coefficient (Wildman–Crippen LogP) is 5.42. The number of amides is 2. The van der Waals surface area contributed by atoms with Crippen LogP contribution < -0.4 is 9.64 Å². The van der Waals surface area contributed by atoms with Crippen LogP contribution >= 0.6 is 0 Å². The van der Waals surface area contributed by atoms with E-state index >= 15 is 0 Å². The molecule has 0 N–H and O–H groups in total. The first-order valence-corrected chi connectivity index (χ1v) is 10.7. The Morgan fingerprint density at radius 1 is 1.06 bits per heavy atom. The maximum absolute atomic E-state index is 14.9. The normalized spacial score (nSPS) is 19.6. The van der Waals surface area contributed by atoms with Crippen LogP contribution in [-0.2, 0) is 27.8 Å². The number of hydrogen-bond acceptors (Lipinski definition) is 4. The number of fused-ring (bicyclic) bond motifs is 3. The molecule has 0 aliphatic carbocycles. The quantitative estimate of drug-likeness (QED) is 0.395. The van der Waals surface area contributed by atoms with Crippen LogP contribution in [0.5, 0.6) is 5.75 Å². The third kappa shape index (κ3) is 3.84. The van der Waals surface area contributed by atoms with E-state index in [1.54, 1.807) is 24.3 Å². The third-order valence-corrected chi connectivity index (χ3v) is 6.14. The first-order valence-electron chi connectivity index (χ1n) is 10.7. The van der Waals surface area contributed by atoms with Crippen LogP contribution in [0.1, 0.15) is 23.6 Å². The lowest BCUT2D eigenvalue weighted by Gasteiger charge is -2.49. The summed E-state index contributed by atoms with van der Waals surface area (Å²) in [4.78, 5) is 27.4. The van der Waals surface area contributed by atoms with E-state index in [9.17, 15) is 35.9 Å². The summed E-state index contributed by atoms with van der Waals surface area (Å²) in [6.45, 7) is 0.225. The lowest BCUT2D eigenvalue weighted by atomic mass is 9.78. The third-order valence-electron chi connectivity index (χ3n) is 6.14. The minimum Gasteiger partial charge on any atom is -0.497 e. The number of carbonyl (C=O) groups is 2. The molecule has 0 radical (unpaired) electrons. The molecule has 0 aromatic heterocycles. The van der Waals surface area contributed by atoms with Gasteiger partial charge in [0.2, 0.25) is 0 Å². The Morgan fingerprint density at radius 2 is 1.72 bits per heavy atom. The van der Waals surface area contributed by atoms with Gasteiger partial charge in [-0.3, -0.25) is 9.80 Å². The second kappa shape index (κ2) is 8.75. The molecule has 2 aliphatic rings. The zero-order chi connectivity index (χ0) is 26.5. The van der Waals surface area contributed by atoms with Crippen molar-refractivity contribution in [3.8, 4) is 5.75 Å². The van der Waals surface area contributed by atoms with Gasteiger partial charge < -0.3 is 9.47 Å². The molecule has 2 heterocycles. The smallest absolute Gasteiger partial charge is 0.420 e. The van der Waals surface area contributed by atoms with Gasteiger partial charge in [0.1, 0.15) is 5.75 Å². The maximum Gasteiger partial charge on any atom is 0.420 e. The molecule has 1 atom stereocenters. The molecule has 12 heteroatoms. The number of esters is 1. The van der Waals surface area contributed by atoms with Crippen LogP contribution in [0.15, 0.2) is 54.1 Å². The van der Waals surface area contributed by atoms with Gasteiger partial charge in [-0.1, -0.05) is 18.2 Å². The van der Waals surface area contributed by atoms with E-state index in [0.717, 1.165) is 17.0 Å². The molecule has 6 nitrogen and oxygen atoms in total. The predicted molar refractivity (Wildman–Crippen MR) is 115 cm³/mol. The monoisotopic (exact) mass is 514 g/mol. The molecule has 0 saturated heterocycles. The van der Waals surface area contributed by atoms with E-state index in [4.69, 9.17) is 9.47 Å². The standard InChI is InChI=1S/C24H20F6N2O4/c1-3-36-20(33)17-10-11-32-21(34)31(13-14-4-7-16(35-2)8-5-14)19-9-6-15(23(25,26)27)12-18(19)22(17,32)24(28,29)30/h4-10,12H,3,11,13H2,1-2H3. The Bertz CT molecular complexity index is 1220. The minimum absolute atomic E-state index is 0.236. The number of urea groups is 1. The Hall–Kier alpha value is -3.70. The number of rotatable bonds is 5. The van der Waals surface area contributed by atoms with E-state index in [2.05, 4.69) is 0 Å². The summed E-state index contributed by atoms with van der Waals surface area (Å²) in [6, 6.07) is 6.97. The average molecular weight is 514 g/mol. The highest BCUT2D eigenvalue weighted by Gasteiger charge is 2.70. The van der Waals surface area contributed by atoms with Crippen molar-refractivity contribution in [1.29, 1.82) is 0 Å². The summed E-state index contributed by atoms with van der Waals surface area (Å²) in [5.74, 6) is -0.866. The van der Waals surface area contributed by atoms with Crippen molar-refractivity contribution in [2.75, 3.05) is 25.2 Å². The molecule has 0 spiro atoms.